The molecule has 0 fully saturated rings. The molecule has 0 amide bonds. The first-order valence-electron chi connectivity index (χ1n) is 5.43. The topological polar surface area (TPSA) is 78.9 Å². The fourth-order valence-electron chi connectivity index (χ4n) is 1.02. The number of methoxy groups -OCH3 is 3. The van der Waals surface area contributed by atoms with Gasteiger partial charge in [0, 0.05) is 0 Å². The Bertz CT molecular complexity index is 567. The summed E-state index contributed by atoms with van der Waals surface area (Å²) in [7, 11) is 9.51. The van der Waals surface area contributed by atoms with Crippen LogP contribution >= 0.6 is 21.3 Å². The van der Waals surface area contributed by atoms with Gasteiger partial charge in [-0.3, -0.25) is 0 Å². The van der Waals surface area contributed by atoms with E-state index >= 15 is 0 Å². The monoisotopic (exact) mass is 526 g/mol. The second kappa shape index (κ2) is 10.5. The maximum absolute atomic E-state index is 11.9. The molecule has 0 unspecified atom stereocenters. The van der Waals surface area contributed by atoms with Gasteiger partial charge in [0.15, 0.2) is 0 Å². The van der Waals surface area contributed by atoms with Crippen molar-refractivity contribution in [3.8, 4) is 0 Å². The van der Waals surface area contributed by atoms with Crippen molar-refractivity contribution in [3.63, 3.8) is 0 Å². The van der Waals surface area contributed by atoms with Crippen LogP contribution in [0.2, 0.25) is 0 Å². The minimum atomic E-state index is -1.28. The molecule has 124 valence electrons. The second-order valence-electron chi connectivity index (χ2n) is 3.40. The number of hydrogen-bond donors (Lipinski definition) is 0. The summed E-state index contributed by atoms with van der Waals surface area (Å²) in [6.07, 6.45) is 1.20. The van der Waals surface area contributed by atoms with Crippen LogP contribution in [0.25, 0.3) is 0 Å². The Kier molecular flexibility index (Phi) is 9.93. The van der Waals surface area contributed by atoms with Crippen molar-refractivity contribution >= 4 is 42.6 Å². The van der Waals surface area contributed by atoms with Crippen molar-refractivity contribution in [2.75, 3.05) is 21.3 Å². The van der Waals surface area contributed by atoms with Crippen molar-refractivity contribution in [2.45, 2.75) is 0 Å². The quantitative estimate of drug-likeness (QED) is 0.216. The SMILES string of the molecule is C=C(/C=C(/C(=O)OC)[C](SC(=C)C(=O)OC)=[Ir][Cl])C(=O)OC. The zero-order valence-corrected chi connectivity index (χ0v) is 16.0. The summed E-state index contributed by atoms with van der Waals surface area (Å²) in [5.74, 6) is -2.06. The molecule has 0 rings (SSSR count). The van der Waals surface area contributed by atoms with Crippen LogP contribution in [0.4, 0.5) is 0 Å². The van der Waals surface area contributed by atoms with E-state index in [2.05, 4.69) is 27.4 Å². The Balaban J connectivity index is 5.58. The third kappa shape index (κ3) is 6.27. The molecule has 6 nitrogen and oxygen atoms in total. The summed E-state index contributed by atoms with van der Waals surface area (Å²) >= 11 is -0.378. The van der Waals surface area contributed by atoms with Crippen molar-refractivity contribution in [3.05, 3.63) is 35.3 Å². The van der Waals surface area contributed by atoms with Gasteiger partial charge >= 0.3 is 144 Å². The van der Waals surface area contributed by atoms with Gasteiger partial charge in [-0.05, 0) is 0 Å². The number of hydrogen-bond acceptors (Lipinski definition) is 7. The standard InChI is InChI=1S/C13H14O6S.ClH.Ir/c1-8(11(14)17-3)6-10(13(16)19-5)7-20-9(2)12(15)18-4;;/h6H,1-2H2,3-5H3;1H;/q;;+1/p-1/b10-6+;;. The van der Waals surface area contributed by atoms with Gasteiger partial charge < -0.3 is 0 Å². The molecule has 0 radical (unpaired) electrons. The van der Waals surface area contributed by atoms with Crippen LogP contribution in [-0.2, 0) is 44.8 Å². The average molecular weight is 526 g/mol. The van der Waals surface area contributed by atoms with Crippen molar-refractivity contribution in [1.29, 1.82) is 0 Å². The fraction of sp³-hybridized carbons (Fsp3) is 0.231. The first-order valence-corrected chi connectivity index (χ1v) is 10.4. The summed E-state index contributed by atoms with van der Waals surface area (Å²) < 4.78 is 14.1. The molecule has 0 N–H and O–H groups in total. The first-order chi connectivity index (χ1) is 10.3. The van der Waals surface area contributed by atoms with Crippen LogP contribution in [0, 0.1) is 0 Å². The van der Waals surface area contributed by atoms with Crippen molar-refractivity contribution < 1.29 is 44.8 Å². The van der Waals surface area contributed by atoms with Gasteiger partial charge in [0.05, 0.1) is 0 Å². The van der Waals surface area contributed by atoms with Gasteiger partial charge in [-0.25, -0.2) is 0 Å². The number of esters is 3. The predicted octanol–water partition coefficient (Wildman–Crippen LogP) is 1.60. The molecule has 0 heterocycles. The summed E-state index contributed by atoms with van der Waals surface area (Å²) in [6.45, 7) is 7.05. The van der Waals surface area contributed by atoms with E-state index < -0.39 is 34.1 Å². The van der Waals surface area contributed by atoms with Crippen molar-refractivity contribution in [2.24, 2.45) is 0 Å². The van der Waals surface area contributed by atoms with E-state index in [1.807, 2.05) is 0 Å². The zero-order valence-electron chi connectivity index (χ0n) is 12.1. The van der Waals surface area contributed by atoms with Gasteiger partial charge in [0.25, 0.3) is 0 Å². The van der Waals surface area contributed by atoms with Crippen LogP contribution in [0.5, 0.6) is 0 Å². The first kappa shape index (κ1) is 20.8. The Morgan fingerprint density at radius 1 is 1.00 bits per heavy atom. The molecule has 0 bridgehead atoms. The minimum absolute atomic E-state index is 0.0305. The summed E-state index contributed by atoms with van der Waals surface area (Å²) in [5.41, 5.74) is -0.0237. The Hall–Kier alpha value is -1.21. The van der Waals surface area contributed by atoms with Crippen molar-refractivity contribution in [1.82, 2.24) is 0 Å². The molecule has 0 aromatic carbocycles. The molecule has 0 aromatic rings. The molecule has 0 aromatic heterocycles. The number of carbonyl (C=O) groups excluding carboxylic acids is 3. The second-order valence-corrected chi connectivity index (χ2v) is 7.99. The molecule has 0 aliphatic carbocycles. The van der Waals surface area contributed by atoms with E-state index in [0.717, 1.165) is 11.8 Å². The van der Waals surface area contributed by atoms with Gasteiger partial charge in [0.1, 0.15) is 0 Å². The van der Waals surface area contributed by atoms with Gasteiger partial charge in [-0.15, -0.1) is 0 Å². The molecular weight excluding hydrogens is 512 g/mol. The maximum atomic E-state index is 11.9. The van der Waals surface area contributed by atoms with Gasteiger partial charge in [0.2, 0.25) is 0 Å². The van der Waals surface area contributed by atoms with E-state index in [4.69, 9.17) is 9.58 Å². The molecule has 22 heavy (non-hydrogen) atoms. The van der Waals surface area contributed by atoms with E-state index in [1.54, 1.807) is 0 Å². The number of halogens is 1. The van der Waals surface area contributed by atoms with Crippen LogP contribution in [0.3, 0.4) is 0 Å². The molecule has 0 atom stereocenters. The fourth-order valence-corrected chi connectivity index (χ4v) is 4.68. The Labute approximate surface area is 144 Å². The van der Waals surface area contributed by atoms with E-state index in [0.29, 0.717) is 3.36 Å². The summed E-state index contributed by atoms with van der Waals surface area (Å²) in [6, 6.07) is 0. The van der Waals surface area contributed by atoms with Crippen LogP contribution in [0.15, 0.2) is 35.3 Å². The summed E-state index contributed by atoms with van der Waals surface area (Å²) in [5, 5.41) is 0. The molecule has 0 spiro atoms. The van der Waals surface area contributed by atoms with Crippen LogP contribution < -0.4 is 0 Å². The third-order valence-electron chi connectivity index (χ3n) is 2.05. The average Bonchev–Trinajstić information content (AvgIpc) is 2.54. The van der Waals surface area contributed by atoms with E-state index in [1.165, 1.54) is 27.4 Å². The number of rotatable bonds is 7. The number of thioether (sulfide) groups is 1. The molecule has 0 aliphatic heterocycles. The predicted molar refractivity (Wildman–Crippen MR) is 80.9 cm³/mol. The number of ether oxygens (including phenoxy) is 3. The summed E-state index contributed by atoms with van der Waals surface area (Å²) in [4.78, 5) is 34.7. The Morgan fingerprint density at radius 3 is 1.91 bits per heavy atom. The van der Waals surface area contributed by atoms with Gasteiger partial charge in [-0.2, -0.15) is 0 Å². The number of carbonyl (C=O) groups is 3. The molecule has 0 aliphatic rings. The van der Waals surface area contributed by atoms with E-state index in [-0.39, 0.29) is 16.1 Å². The molecule has 0 saturated heterocycles. The third-order valence-corrected chi connectivity index (χ3v) is 6.84. The normalized spacial score (nSPS) is 12.2. The molecule has 9 heteroatoms. The van der Waals surface area contributed by atoms with Gasteiger partial charge in [-0.1, -0.05) is 0 Å². The van der Waals surface area contributed by atoms with E-state index in [9.17, 15) is 14.4 Å². The van der Waals surface area contributed by atoms with Crippen LogP contribution in [0.1, 0.15) is 0 Å². The van der Waals surface area contributed by atoms with Crippen LogP contribution in [-0.4, -0.2) is 42.6 Å². The Morgan fingerprint density at radius 2 is 1.50 bits per heavy atom. The molecule has 0 saturated carbocycles. The zero-order chi connectivity index (χ0) is 17.3. The molecular formula is C13H14ClIrO6S.